The van der Waals surface area contributed by atoms with E-state index >= 15 is 0 Å². The predicted octanol–water partition coefficient (Wildman–Crippen LogP) is 5.09. The minimum atomic E-state index is 0.551. The molecule has 0 amide bonds. The molecule has 0 unspecified atom stereocenters. The van der Waals surface area contributed by atoms with Gasteiger partial charge in [-0.25, -0.2) is 4.98 Å². The second kappa shape index (κ2) is 9.09. The molecule has 1 aromatic carbocycles. The molecule has 0 N–H and O–H groups in total. The zero-order valence-corrected chi connectivity index (χ0v) is 15.2. The summed E-state index contributed by atoms with van der Waals surface area (Å²) in [5.41, 5.74) is 2.37. The molecule has 24 heavy (non-hydrogen) atoms. The molecule has 5 heteroatoms. The van der Waals surface area contributed by atoms with Gasteiger partial charge in [0.15, 0.2) is 11.5 Å². The zero-order chi connectivity index (χ0) is 17.4. The Hall–Kier alpha value is -2.32. The smallest absolute Gasteiger partial charge is 0.161 e. The normalized spacial score (nSPS) is 11.2. The minimum Gasteiger partial charge on any atom is -0.490 e. The lowest BCUT2D eigenvalue weighted by atomic mass is 10.1. The maximum atomic E-state index is 9.41. The van der Waals surface area contributed by atoms with Crippen molar-refractivity contribution in [1.82, 2.24) is 4.98 Å². The number of benzene rings is 1. The lowest BCUT2D eigenvalue weighted by Gasteiger charge is -2.12. The summed E-state index contributed by atoms with van der Waals surface area (Å²) >= 11 is 1.47. The monoisotopic (exact) mass is 342 g/mol. The van der Waals surface area contributed by atoms with E-state index < -0.39 is 0 Å². The van der Waals surface area contributed by atoms with E-state index in [1.165, 1.54) is 11.3 Å². The zero-order valence-electron chi connectivity index (χ0n) is 14.3. The van der Waals surface area contributed by atoms with Crippen LogP contribution in [0.5, 0.6) is 11.5 Å². The Balaban J connectivity index is 2.28. The standard InChI is InChI=1S/C19H22N2O2S/c1-4-6-9-23-17-8-7-15(11-18(17)22-5-2)10-16(12-20)19-21-14(3)13-24-19/h7-8,10-11,13H,4-6,9H2,1-3H3/b16-10+. The van der Waals surface area contributed by atoms with E-state index in [1.54, 1.807) is 0 Å². The summed E-state index contributed by atoms with van der Waals surface area (Å²) in [5.74, 6) is 1.45. The van der Waals surface area contributed by atoms with Gasteiger partial charge in [-0.1, -0.05) is 19.4 Å². The third-order valence-electron chi connectivity index (χ3n) is 3.30. The highest BCUT2D eigenvalue weighted by molar-refractivity contribution is 7.11. The van der Waals surface area contributed by atoms with Crippen molar-refractivity contribution >= 4 is 23.0 Å². The summed E-state index contributed by atoms with van der Waals surface area (Å²) < 4.78 is 11.5. The van der Waals surface area contributed by atoms with E-state index in [2.05, 4.69) is 18.0 Å². The Bertz CT molecular complexity index is 744. The van der Waals surface area contributed by atoms with E-state index in [4.69, 9.17) is 9.47 Å². The van der Waals surface area contributed by atoms with Gasteiger partial charge in [-0.2, -0.15) is 5.26 Å². The van der Waals surface area contributed by atoms with Crippen molar-refractivity contribution < 1.29 is 9.47 Å². The second-order valence-electron chi connectivity index (χ2n) is 5.31. The van der Waals surface area contributed by atoms with Gasteiger partial charge in [0.25, 0.3) is 0 Å². The number of aromatic nitrogens is 1. The molecule has 126 valence electrons. The number of ether oxygens (including phenoxy) is 2. The number of hydrogen-bond donors (Lipinski definition) is 0. The molecule has 0 aliphatic rings. The largest absolute Gasteiger partial charge is 0.490 e. The molecule has 2 aromatic rings. The van der Waals surface area contributed by atoms with Crippen LogP contribution in [0.15, 0.2) is 23.6 Å². The molecule has 0 radical (unpaired) electrons. The van der Waals surface area contributed by atoms with E-state index in [9.17, 15) is 5.26 Å². The molecule has 0 saturated carbocycles. The SMILES string of the molecule is CCCCOc1ccc(/C=C(\C#N)c2nc(C)cs2)cc1OCC. The average Bonchev–Trinajstić information content (AvgIpc) is 3.01. The molecule has 0 atom stereocenters. The quantitative estimate of drug-likeness (QED) is 0.495. The highest BCUT2D eigenvalue weighted by Gasteiger charge is 2.09. The number of rotatable bonds is 8. The van der Waals surface area contributed by atoms with Crippen LogP contribution in [-0.4, -0.2) is 18.2 Å². The average molecular weight is 342 g/mol. The lowest BCUT2D eigenvalue weighted by Crippen LogP contribution is -2.00. The number of hydrogen-bond acceptors (Lipinski definition) is 5. The first kappa shape index (κ1) is 18.0. The van der Waals surface area contributed by atoms with Gasteiger partial charge in [0.1, 0.15) is 11.1 Å². The number of allylic oxidation sites excluding steroid dienone is 1. The molecule has 0 fully saturated rings. The second-order valence-corrected chi connectivity index (χ2v) is 6.16. The van der Waals surface area contributed by atoms with Crippen LogP contribution in [0.1, 0.15) is 43.0 Å². The van der Waals surface area contributed by atoms with Crippen molar-refractivity contribution in [3.63, 3.8) is 0 Å². The summed E-state index contributed by atoms with van der Waals surface area (Å²) in [6.07, 6.45) is 3.93. The van der Waals surface area contributed by atoms with Crippen molar-refractivity contribution in [2.24, 2.45) is 0 Å². The maximum Gasteiger partial charge on any atom is 0.161 e. The van der Waals surface area contributed by atoms with Crippen LogP contribution >= 0.6 is 11.3 Å². The van der Waals surface area contributed by atoms with Crippen LogP contribution in [0.3, 0.4) is 0 Å². The van der Waals surface area contributed by atoms with Crippen LogP contribution in [0.2, 0.25) is 0 Å². The highest BCUT2D eigenvalue weighted by Crippen LogP contribution is 2.30. The van der Waals surface area contributed by atoms with Crippen LogP contribution < -0.4 is 9.47 Å². The molecule has 0 bridgehead atoms. The molecule has 0 spiro atoms. The summed E-state index contributed by atoms with van der Waals surface area (Å²) in [6, 6.07) is 7.96. The van der Waals surface area contributed by atoms with E-state index in [0.29, 0.717) is 24.5 Å². The number of unbranched alkanes of at least 4 members (excludes halogenated alkanes) is 1. The van der Waals surface area contributed by atoms with Crippen LogP contribution in [0.4, 0.5) is 0 Å². The van der Waals surface area contributed by atoms with Crippen LogP contribution in [0, 0.1) is 18.3 Å². The van der Waals surface area contributed by atoms with E-state index in [-0.39, 0.29) is 0 Å². The highest BCUT2D eigenvalue weighted by atomic mass is 32.1. The van der Waals surface area contributed by atoms with Gasteiger partial charge in [0, 0.05) is 11.1 Å². The maximum absolute atomic E-state index is 9.41. The Morgan fingerprint density at radius 3 is 2.75 bits per heavy atom. The van der Waals surface area contributed by atoms with Crippen molar-refractivity contribution in [3.05, 3.63) is 39.8 Å². The van der Waals surface area contributed by atoms with Gasteiger partial charge < -0.3 is 9.47 Å². The van der Waals surface area contributed by atoms with Gasteiger partial charge in [-0.05, 0) is 44.0 Å². The van der Waals surface area contributed by atoms with Gasteiger partial charge >= 0.3 is 0 Å². The summed E-state index contributed by atoms with van der Waals surface area (Å²) in [5, 5.41) is 12.1. The van der Waals surface area contributed by atoms with E-state index in [1.807, 2.05) is 43.5 Å². The summed E-state index contributed by atoms with van der Waals surface area (Å²) in [6.45, 7) is 7.23. The lowest BCUT2D eigenvalue weighted by molar-refractivity contribution is 0.272. The molecular weight excluding hydrogens is 320 g/mol. The molecule has 0 aliphatic carbocycles. The Labute approximate surface area is 147 Å². The molecule has 1 aromatic heterocycles. The first-order valence-electron chi connectivity index (χ1n) is 8.11. The van der Waals surface area contributed by atoms with Crippen LogP contribution in [0.25, 0.3) is 11.6 Å². The predicted molar refractivity (Wildman–Crippen MR) is 98.3 cm³/mol. The van der Waals surface area contributed by atoms with Gasteiger partial charge in [0.05, 0.1) is 18.8 Å². The number of aryl methyl sites for hydroxylation is 1. The number of nitrogens with zero attached hydrogens (tertiary/aromatic N) is 2. The third kappa shape index (κ3) is 4.84. The van der Waals surface area contributed by atoms with Gasteiger partial charge in [-0.15, -0.1) is 11.3 Å². The Kier molecular flexibility index (Phi) is 6.83. The van der Waals surface area contributed by atoms with Crippen molar-refractivity contribution in [3.8, 4) is 17.6 Å². The molecular formula is C19H22N2O2S. The topological polar surface area (TPSA) is 55.1 Å². The van der Waals surface area contributed by atoms with Crippen molar-refractivity contribution in [2.75, 3.05) is 13.2 Å². The van der Waals surface area contributed by atoms with Gasteiger partial charge in [0.2, 0.25) is 0 Å². The minimum absolute atomic E-state index is 0.551. The van der Waals surface area contributed by atoms with Crippen LogP contribution in [-0.2, 0) is 0 Å². The van der Waals surface area contributed by atoms with E-state index in [0.717, 1.165) is 34.9 Å². The fourth-order valence-electron chi connectivity index (χ4n) is 2.11. The first-order valence-corrected chi connectivity index (χ1v) is 8.99. The Morgan fingerprint density at radius 1 is 1.29 bits per heavy atom. The fraction of sp³-hybridized carbons (Fsp3) is 0.368. The number of nitriles is 1. The molecule has 2 rings (SSSR count). The summed E-state index contributed by atoms with van der Waals surface area (Å²) in [7, 11) is 0. The molecule has 0 aliphatic heterocycles. The van der Waals surface area contributed by atoms with Gasteiger partial charge in [-0.3, -0.25) is 0 Å². The number of thiazole rings is 1. The summed E-state index contributed by atoms with van der Waals surface area (Å²) in [4.78, 5) is 4.38. The van der Waals surface area contributed by atoms with Crippen molar-refractivity contribution in [1.29, 1.82) is 5.26 Å². The third-order valence-corrected chi connectivity index (χ3v) is 4.30. The van der Waals surface area contributed by atoms with Crippen molar-refractivity contribution in [2.45, 2.75) is 33.6 Å². The fourth-order valence-corrected chi connectivity index (χ4v) is 2.88. The Morgan fingerprint density at radius 2 is 2.12 bits per heavy atom. The first-order chi connectivity index (χ1) is 11.7. The molecule has 1 heterocycles. The molecule has 4 nitrogen and oxygen atoms in total. The molecule has 0 saturated heterocycles.